The summed E-state index contributed by atoms with van der Waals surface area (Å²) in [4.78, 5) is 9.23. The first-order valence-electron chi connectivity index (χ1n) is 4.64. The van der Waals surface area contributed by atoms with Crippen molar-refractivity contribution in [1.29, 1.82) is 0 Å². The van der Waals surface area contributed by atoms with Gasteiger partial charge in [0.25, 0.3) is 6.47 Å². The summed E-state index contributed by atoms with van der Waals surface area (Å²) in [6.07, 6.45) is 0. The van der Waals surface area contributed by atoms with Gasteiger partial charge in [-0.2, -0.15) is 0 Å². The summed E-state index contributed by atoms with van der Waals surface area (Å²) in [5.41, 5.74) is 0. The molecular weight excluding hydrogens is 186 g/mol. The molecule has 0 saturated carbocycles. The van der Waals surface area contributed by atoms with E-state index < -0.39 is 14.2 Å². The molecule has 5 nitrogen and oxygen atoms in total. The first-order valence-corrected chi connectivity index (χ1v) is 4.64. The molecule has 0 amide bonds. The van der Waals surface area contributed by atoms with Gasteiger partial charge in [0.1, 0.15) is 0 Å². The van der Waals surface area contributed by atoms with E-state index in [0.717, 1.165) is 0 Å². The Morgan fingerprint density at radius 3 is 1.29 bits per heavy atom. The van der Waals surface area contributed by atoms with Crippen LogP contribution in [0.5, 0.6) is 0 Å². The molecule has 0 rings (SSSR count). The Balaban J connectivity index is -0.0000000223. The van der Waals surface area contributed by atoms with Gasteiger partial charge in [-0.1, -0.05) is 27.7 Å². The van der Waals surface area contributed by atoms with Crippen LogP contribution < -0.4 is 0 Å². The zero-order valence-electron chi connectivity index (χ0n) is 9.89. The fraction of sp³-hybridized carbons (Fsp3) is 0.857. The lowest BCUT2D eigenvalue weighted by Crippen LogP contribution is -2.09. The van der Waals surface area contributed by atoms with Crippen LogP contribution in [0.2, 0.25) is 13.6 Å². The van der Waals surface area contributed by atoms with Crippen LogP contribution in [-0.4, -0.2) is 35.8 Å². The molecule has 0 fully saturated rings. The van der Waals surface area contributed by atoms with E-state index in [1.807, 2.05) is 27.7 Å². The van der Waals surface area contributed by atoms with Gasteiger partial charge in [-0.25, -0.2) is 0 Å². The van der Waals surface area contributed by atoms with E-state index in [-0.39, 0.29) is 9.33 Å². The van der Waals surface area contributed by atoms with E-state index in [4.69, 9.17) is 15.1 Å². The molecule has 0 aliphatic carbocycles. The molecule has 0 unspecified atom stereocenters. The SMILES string of the molecule is CB(O)O.CB(O)OC=O.CC.CC.[2HH].[2HH]. The fourth-order valence-electron chi connectivity index (χ4n) is 0.0804. The van der Waals surface area contributed by atoms with Crippen LogP contribution in [0.15, 0.2) is 0 Å². The zero-order valence-corrected chi connectivity index (χ0v) is 9.89. The lowest BCUT2D eigenvalue weighted by molar-refractivity contribution is -0.121. The molecule has 0 aromatic heterocycles. The highest BCUT2D eigenvalue weighted by molar-refractivity contribution is 6.42. The van der Waals surface area contributed by atoms with Crippen molar-refractivity contribution < 1.29 is 27.4 Å². The van der Waals surface area contributed by atoms with Gasteiger partial charge in [-0.3, -0.25) is 4.79 Å². The Kier molecular flexibility index (Phi) is 49.1. The molecule has 0 aliphatic rings. The van der Waals surface area contributed by atoms with Gasteiger partial charge in [0.05, 0.1) is 0 Å². The lowest BCUT2D eigenvalue weighted by Gasteiger charge is -1.89. The number of hydrogen-bond donors (Lipinski definition) is 3. The average Bonchev–Trinajstić information content (AvgIpc) is 2.10. The minimum Gasteiger partial charge on any atom is -0.512 e. The summed E-state index contributed by atoms with van der Waals surface area (Å²) in [7, 11) is -2.14. The number of carbonyl (C=O) groups excluding carboxylic acids is 1. The Bertz CT molecular complexity index is 86.4. The first kappa shape index (κ1) is 23.4. The topological polar surface area (TPSA) is 87.0 Å². The van der Waals surface area contributed by atoms with Gasteiger partial charge in [-0.15, -0.1) is 0 Å². The molecule has 0 atom stereocenters. The smallest absolute Gasteiger partial charge is 0.512 e. The maximum Gasteiger partial charge on any atom is 0.520 e. The van der Waals surface area contributed by atoms with Crippen LogP contribution in [0.25, 0.3) is 0 Å². The summed E-state index contributed by atoms with van der Waals surface area (Å²) in [6.45, 7) is 10.8. The minimum absolute atomic E-state index is 0. The second kappa shape index (κ2) is 29.4. The van der Waals surface area contributed by atoms with Crippen LogP contribution in [0, 0.1) is 0 Å². The van der Waals surface area contributed by atoms with Crippen LogP contribution in [0.1, 0.15) is 30.5 Å². The Morgan fingerprint density at radius 2 is 1.29 bits per heavy atom. The maximum atomic E-state index is 9.23. The number of hydrogen-bond acceptors (Lipinski definition) is 5. The van der Waals surface area contributed by atoms with E-state index in [1.165, 1.54) is 13.6 Å². The monoisotopic (exact) mass is 214 g/mol. The van der Waals surface area contributed by atoms with Crippen molar-refractivity contribution in [3.05, 3.63) is 0 Å². The Labute approximate surface area is 90.4 Å². The highest BCUT2D eigenvalue weighted by Crippen LogP contribution is 1.68. The van der Waals surface area contributed by atoms with Crippen molar-refractivity contribution >= 4 is 20.7 Å². The third-order valence-corrected chi connectivity index (χ3v) is 0.252. The molecule has 7 heteroatoms. The van der Waals surface area contributed by atoms with Gasteiger partial charge in [-0.05, 0) is 13.6 Å². The third-order valence-electron chi connectivity index (χ3n) is 0.252. The Morgan fingerprint density at radius 1 is 1.07 bits per heavy atom. The van der Waals surface area contributed by atoms with Gasteiger partial charge < -0.3 is 19.7 Å². The molecule has 0 radical (unpaired) electrons. The predicted octanol–water partition coefficient (Wildman–Crippen LogP) is 0.903. The van der Waals surface area contributed by atoms with Gasteiger partial charge in [0, 0.05) is 2.85 Å². The van der Waals surface area contributed by atoms with Crippen LogP contribution in [0.4, 0.5) is 0 Å². The van der Waals surface area contributed by atoms with Crippen molar-refractivity contribution in [2.45, 2.75) is 41.3 Å². The third kappa shape index (κ3) is 205. The summed E-state index contributed by atoms with van der Waals surface area (Å²) >= 11 is 0. The molecule has 0 aromatic carbocycles. The molecule has 0 spiro atoms. The highest BCUT2D eigenvalue weighted by Gasteiger charge is 1.99. The molecule has 0 aliphatic heterocycles. The quantitative estimate of drug-likeness (QED) is 0.469. The highest BCUT2D eigenvalue weighted by atomic mass is 16.5. The summed E-state index contributed by atoms with van der Waals surface area (Å²) in [5, 5.41) is 23.3. The fourth-order valence-corrected chi connectivity index (χ4v) is 0.0804. The molecular formula is C7H26B2O5. The standard InChI is InChI=1S/C2H5BO3.2C2H6.CH5BO2.2H2/c1-3(5)6-2-4;2*1-2;1-2(3)4;;/h2,5H,1H3;2*1-2H3;3-4H,1H3;2*1H/i;;;;2*1+1. The van der Waals surface area contributed by atoms with E-state index in [0.29, 0.717) is 0 Å². The summed E-state index contributed by atoms with van der Waals surface area (Å²) in [5.74, 6) is 0. The van der Waals surface area contributed by atoms with Gasteiger partial charge >= 0.3 is 14.2 Å². The molecule has 0 saturated heterocycles. The average molecular weight is 214 g/mol. The molecule has 0 bridgehead atoms. The van der Waals surface area contributed by atoms with Crippen LogP contribution >= 0.6 is 0 Å². The van der Waals surface area contributed by atoms with E-state index in [1.54, 1.807) is 0 Å². The minimum atomic E-state index is -1.17. The molecule has 14 heavy (non-hydrogen) atoms. The molecule has 0 heterocycles. The van der Waals surface area contributed by atoms with Crippen LogP contribution in [-0.2, 0) is 9.45 Å². The van der Waals surface area contributed by atoms with Crippen molar-refractivity contribution in [2.75, 3.05) is 0 Å². The van der Waals surface area contributed by atoms with Crippen molar-refractivity contribution in [3.63, 3.8) is 0 Å². The van der Waals surface area contributed by atoms with E-state index in [9.17, 15) is 4.79 Å². The second-order valence-corrected chi connectivity index (χ2v) is 1.46. The number of carbonyl (C=O) groups is 1. The Hall–Kier alpha value is -0.520. The zero-order chi connectivity index (χ0) is 12.6. The van der Waals surface area contributed by atoms with E-state index in [2.05, 4.69) is 4.65 Å². The summed E-state index contributed by atoms with van der Waals surface area (Å²) in [6, 6.07) is 0. The van der Waals surface area contributed by atoms with Gasteiger partial charge in [0.15, 0.2) is 0 Å². The predicted molar refractivity (Wildman–Crippen MR) is 64.0 cm³/mol. The normalized spacial score (nSPS) is 5.79. The maximum absolute atomic E-state index is 9.23. The largest absolute Gasteiger partial charge is 0.520 e. The molecule has 0 aromatic rings. The van der Waals surface area contributed by atoms with Crippen molar-refractivity contribution in [3.8, 4) is 0 Å². The molecule has 90 valence electrons. The van der Waals surface area contributed by atoms with Crippen molar-refractivity contribution in [2.24, 2.45) is 0 Å². The second-order valence-electron chi connectivity index (χ2n) is 1.46. The first-order chi connectivity index (χ1) is 6.50. The van der Waals surface area contributed by atoms with Crippen LogP contribution in [0.3, 0.4) is 0 Å². The number of rotatable bonds is 2. The van der Waals surface area contributed by atoms with E-state index >= 15 is 0 Å². The van der Waals surface area contributed by atoms with Crippen molar-refractivity contribution in [1.82, 2.24) is 0 Å². The lowest BCUT2D eigenvalue weighted by atomic mass is 9.97. The molecule has 3 N–H and O–H groups in total. The summed E-state index contributed by atoms with van der Waals surface area (Å²) < 4.78 is 3.92. The van der Waals surface area contributed by atoms with Gasteiger partial charge in [0.2, 0.25) is 0 Å².